The minimum Gasteiger partial charge on any atom is -0.328 e. The number of H-pyrrole nitrogens is 1. The Hall–Kier alpha value is -1.75. The summed E-state index contributed by atoms with van der Waals surface area (Å²) in [6.07, 6.45) is -3.02. The third-order valence-corrected chi connectivity index (χ3v) is 2.70. The van der Waals surface area contributed by atoms with Crippen LogP contribution in [-0.4, -0.2) is 4.98 Å². The van der Waals surface area contributed by atoms with Crippen LogP contribution in [0.4, 0.5) is 13.2 Å². The Labute approximate surface area is 105 Å². The third-order valence-electron chi connectivity index (χ3n) is 2.39. The number of benzene rings is 1. The van der Waals surface area contributed by atoms with Gasteiger partial charge in [-0.1, -0.05) is 17.7 Å². The fourth-order valence-electron chi connectivity index (χ4n) is 1.50. The summed E-state index contributed by atoms with van der Waals surface area (Å²) in [7, 11) is 0. The lowest BCUT2D eigenvalue weighted by molar-refractivity contribution is -0.137. The highest BCUT2D eigenvalue weighted by Crippen LogP contribution is 2.35. The Morgan fingerprint density at radius 1 is 1.11 bits per heavy atom. The van der Waals surface area contributed by atoms with Gasteiger partial charge in [0.1, 0.15) is 0 Å². The van der Waals surface area contributed by atoms with Gasteiger partial charge in [-0.2, -0.15) is 13.2 Å². The Morgan fingerprint density at radius 3 is 2.33 bits per heavy atom. The van der Waals surface area contributed by atoms with Gasteiger partial charge in [-0.3, -0.25) is 4.79 Å². The molecule has 1 heterocycles. The maximum absolute atomic E-state index is 12.4. The summed E-state index contributed by atoms with van der Waals surface area (Å²) in [6, 6.07) is 5.86. The lowest BCUT2D eigenvalue weighted by atomic mass is 10.1. The molecule has 0 saturated carbocycles. The van der Waals surface area contributed by atoms with E-state index in [0.29, 0.717) is 11.1 Å². The molecule has 0 aliphatic heterocycles. The fourth-order valence-corrected chi connectivity index (χ4v) is 1.79. The molecule has 0 bridgehead atoms. The highest BCUT2D eigenvalue weighted by atomic mass is 35.5. The lowest BCUT2D eigenvalue weighted by Crippen LogP contribution is -2.05. The van der Waals surface area contributed by atoms with E-state index in [2.05, 4.69) is 4.98 Å². The molecule has 0 fully saturated rings. The van der Waals surface area contributed by atoms with Gasteiger partial charge in [0, 0.05) is 22.8 Å². The number of aromatic amines is 1. The quantitative estimate of drug-likeness (QED) is 0.844. The number of hydrogen-bond acceptors (Lipinski definition) is 1. The second-order valence-electron chi connectivity index (χ2n) is 3.63. The molecule has 0 spiro atoms. The van der Waals surface area contributed by atoms with Crippen LogP contribution in [0.15, 0.2) is 41.3 Å². The Bertz CT molecular complexity index is 613. The predicted octanol–water partition coefficient (Wildman–Crippen LogP) is 3.71. The first-order valence-electron chi connectivity index (χ1n) is 4.94. The molecule has 0 aliphatic rings. The van der Waals surface area contributed by atoms with Crippen molar-refractivity contribution in [1.29, 1.82) is 0 Å². The van der Waals surface area contributed by atoms with Crippen molar-refractivity contribution in [1.82, 2.24) is 4.98 Å². The summed E-state index contributed by atoms with van der Waals surface area (Å²) < 4.78 is 37.3. The molecule has 0 amide bonds. The summed E-state index contributed by atoms with van der Waals surface area (Å²) in [6.45, 7) is 0. The normalized spacial score (nSPS) is 11.6. The maximum Gasteiger partial charge on any atom is 0.416 e. The molecule has 1 N–H and O–H groups in total. The van der Waals surface area contributed by atoms with Crippen LogP contribution in [-0.2, 0) is 6.18 Å². The number of alkyl halides is 3. The van der Waals surface area contributed by atoms with Gasteiger partial charge < -0.3 is 4.98 Å². The van der Waals surface area contributed by atoms with Gasteiger partial charge in [0.05, 0.1) is 5.56 Å². The standard InChI is InChI=1S/C12H7ClF3NO/c13-10-5-8(12(14,15)16)2-3-9(10)7-1-4-11(18)17-6-7/h1-6H,(H,17,18). The van der Waals surface area contributed by atoms with Crippen molar-refractivity contribution in [3.63, 3.8) is 0 Å². The minimum atomic E-state index is -4.42. The van der Waals surface area contributed by atoms with Crippen molar-refractivity contribution >= 4 is 11.6 Å². The highest BCUT2D eigenvalue weighted by molar-refractivity contribution is 6.33. The summed E-state index contributed by atoms with van der Waals surface area (Å²) in [4.78, 5) is 13.3. The van der Waals surface area contributed by atoms with Crippen LogP contribution in [0.25, 0.3) is 11.1 Å². The molecule has 0 saturated heterocycles. The first kappa shape index (κ1) is 12.7. The van der Waals surface area contributed by atoms with Gasteiger partial charge in [0.2, 0.25) is 5.56 Å². The summed E-state index contributed by atoms with van der Waals surface area (Å²) in [5, 5.41) is -0.0168. The molecular weight excluding hydrogens is 267 g/mol. The van der Waals surface area contributed by atoms with Crippen molar-refractivity contribution in [2.45, 2.75) is 6.18 Å². The van der Waals surface area contributed by atoms with E-state index >= 15 is 0 Å². The van der Waals surface area contributed by atoms with Crippen molar-refractivity contribution in [3.05, 3.63) is 57.5 Å². The van der Waals surface area contributed by atoms with E-state index in [0.717, 1.165) is 12.1 Å². The highest BCUT2D eigenvalue weighted by Gasteiger charge is 2.30. The first-order chi connectivity index (χ1) is 8.38. The molecule has 0 atom stereocenters. The average Bonchev–Trinajstić information content (AvgIpc) is 2.29. The monoisotopic (exact) mass is 273 g/mol. The van der Waals surface area contributed by atoms with Gasteiger partial charge in [-0.05, 0) is 23.8 Å². The number of nitrogens with one attached hydrogen (secondary N) is 1. The van der Waals surface area contributed by atoms with Crippen molar-refractivity contribution in [3.8, 4) is 11.1 Å². The maximum atomic E-state index is 12.4. The Kier molecular flexibility index (Phi) is 3.17. The fraction of sp³-hybridized carbons (Fsp3) is 0.0833. The zero-order chi connectivity index (χ0) is 13.3. The van der Waals surface area contributed by atoms with Crippen LogP contribution < -0.4 is 5.56 Å². The molecule has 1 aromatic carbocycles. The molecule has 0 radical (unpaired) electrons. The summed E-state index contributed by atoms with van der Waals surface area (Å²) in [5.74, 6) is 0. The Balaban J connectivity index is 2.48. The number of halogens is 4. The van der Waals surface area contributed by atoms with E-state index < -0.39 is 11.7 Å². The third kappa shape index (κ3) is 2.56. The van der Waals surface area contributed by atoms with E-state index in [4.69, 9.17) is 11.6 Å². The van der Waals surface area contributed by atoms with Gasteiger partial charge in [0.15, 0.2) is 0 Å². The van der Waals surface area contributed by atoms with Crippen LogP contribution in [0.3, 0.4) is 0 Å². The van der Waals surface area contributed by atoms with Crippen molar-refractivity contribution < 1.29 is 13.2 Å². The van der Waals surface area contributed by atoms with E-state index in [1.165, 1.54) is 24.4 Å². The minimum absolute atomic E-state index is 0.0168. The van der Waals surface area contributed by atoms with Crippen LogP contribution in [0.2, 0.25) is 5.02 Å². The second-order valence-corrected chi connectivity index (χ2v) is 4.04. The Morgan fingerprint density at radius 2 is 1.83 bits per heavy atom. The number of hydrogen-bond donors (Lipinski definition) is 1. The number of pyridine rings is 1. The summed E-state index contributed by atoms with van der Waals surface area (Å²) in [5.41, 5.74) is -0.114. The summed E-state index contributed by atoms with van der Waals surface area (Å²) >= 11 is 5.82. The van der Waals surface area contributed by atoms with Gasteiger partial charge in [-0.25, -0.2) is 0 Å². The van der Waals surface area contributed by atoms with Crippen LogP contribution in [0.5, 0.6) is 0 Å². The number of rotatable bonds is 1. The van der Waals surface area contributed by atoms with Crippen molar-refractivity contribution in [2.75, 3.05) is 0 Å². The van der Waals surface area contributed by atoms with E-state index in [9.17, 15) is 18.0 Å². The van der Waals surface area contributed by atoms with E-state index in [1.807, 2.05) is 0 Å². The molecule has 1 aromatic heterocycles. The van der Waals surface area contributed by atoms with Gasteiger partial charge in [-0.15, -0.1) is 0 Å². The first-order valence-corrected chi connectivity index (χ1v) is 5.31. The SMILES string of the molecule is O=c1ccc(-c2ccc(C(F)(F)F)cc2Cl)c[nH]1. The smallest absolute Gasteiger partial charge is 0.328 e. The second kappa shape index (κ2) is 4.49. The van der Waals surface area contributed by atoms with Crippen LogP contribution in [0.1, 0.15) is 5.56 Å². The topological polar surface area (TPSA) is 32.9 Å². The van der Waals surface area contributed by atoms with Crippen LogP contribution in [0, 0.1) is 0 Å². The largest absolute Gasteiger partial charge is 0.416 e. The zero-order valence-electron chi connectivity index (χ0n) is 8.88. The molecule has 0 unspecified atom stereocenters. The molecule has 94 valence electrons. The average molecular weight is 274 g/mol. The van der Waals surface area contributed by atoms with E-state index in [1.54, 1.807) is 0 Å². The van der Waals surface area contributed by atoms with E-state index in [-0.39, 0.29) is 10.6 Å². The van der Waals surface area contributed by atoms with Gasteiger partial charge in [0.25, 0.3) is 0 Å². The molecule has 2 rings (SSSR count). The van der Waals surface area contributed by atoms with Crippen molar-refractivity contribution in [2.24, 2.45) is 0 Å². The zero-order valence-corrected chi connectivity index (χ0v) is 9.64. The predicted molar refractivity (Wildman–Crippen MR) is 62.5 cm³/mol. The molecule has 2 aromatic rings. The molecular formula is C12H7ClF3NO. The molecule has 0 aliphatic carbocycles. The molecule has 18 heavy (non-hydrogen) atoms. The molecule has 6 heteroatoms. The molecule has 2 nitrogen and oxygen atoms in total. The lowest BCUT2D eigenvalue weighted by Gasteiger charge is -2.09. The number of aromatic nitrogens is 1. The van der Waals surface area contributed by atoms with Crippen LogP contribution >= 0.6 is 11.6 Å². The van der Waals surface area contributed by atoms with Gasteiger partial charge >= 0.3 is 6.18 Å².